The van der Waals surface area contributed by atoms with E-state index in [0.717, 1.165) is 31.6 Å². The van der Waals surface area contributed by atoms with Crippen LogP contribution in [-0.4, -0.2) is 17.8 Å². The van der Waals surface area contributed by atoms with Gasteiger partial charge in [0, 0.05) is 23.7 Å². The van der Waals surface area contributed by atoms with Crippen LogP contribution in [0, 0.1) is 5.92 Å². The summed E-state index contributed by atoms with van der Waals surface area (Å²) in [6.07, 6.45) is 4.43. The predicted molar refractivity (Wildman–Crippen MR) is 68.4 cm³/mol. The molecule has 0 aliphatic heterocycles. The first-order valence-corrected chi connectivity index (χ1v) is 6.86. The number of anilines is 1. The summed E-state index contributed by atoms with van der Waals surface area (Å²) in [4.78, 5) is 1.20. The normalized spacial score (nSPS) is 25.8. The number of nitrogen functional groups attached to an aromatic ring is 1. The van der Waals surface area contributed by atoms with Crippen LogP contribution in [0.2, 0.25) is 0 Å². The molecule has 4 N–H and O–H groups in total. The molecule has 0 aromatic carbocycles. The molecule has 90 valence electrons. The predicted octanol–water partition coefficient (Wildman–Crippen LogP) is 1.97. The molecule has 0 bridgehead atoms. The number of nitrogens with two attached hydrogens (primary N) is 1. The zero-order valence-electron chi connectivity index (χ0n) is 9.48. The molecule has 1 aliphatic rings. The van der Waals surface area contributed by atoms with Crippen molar-refractivity contribution in [2.45, 2.75) is 38.3 Å². The van der Waals surface area contributed by atoms with Gasteiger partial charge in [-0.05, 0) is 30.2 Å². The van der Waals surface area contributed by atoms with Crippen molar-refractivity contribution in [1.82, 2.24) is 5.32 Å². The zero-order valence-corrected chi connectivity index (χ0v) is 10.3. The van der Waals surface area contributed by atoms with Crippen molar-refractivity contribution in [1.29, 1.82) is 0 Å². The van der Waals surface area contributed by atoms with E-state index in [1.165, 1.54) is 17.7 Å². The second kappa shape index (κ2) is 5.66. The smallest absolute Gasteiger partial charge is 0.0580 e. The molecule has 1 saturated carbocycles. The van der Waals surface area contributed by atoms with E-state index >= 15 is 0 Å². The Bertz CT molecular complexity index is 327. The van der Waals surface area contributed by atoms with Gasteiger partial charge in [-0.3, -0.25) is 0 Å². The van der Waals surface area contributed by atoms with Gasteiger partial charge >= 0.3 is 0 Å². The first-order chi connectivity index (χ1) is 7.77. The number of hydrogen-bond donors (Lipinski definition) is 3. The van der Waals surface area contributed by atoms with Crippen LogP contribution in [0.1, 0.15) is 30.6 Å². The highest BCUT2D eigenvalue weighted by Crippen LogP contribution is 2.24. The molecular formula is C12H20N2OS. The number of nitrogens with one attached hydrogen (secondary N) is 1. The van der Waals surface area contributed by atoms with Gasteiger partial charge in [0.25, 0.3) is 0 Å². The van der Waals surface area contributed by atoms with Gasteiger partial charge in [0.05, 0.1) is 6.10 Å². The highest BCUT2D eigenvalue weighted by Gasteiger charge is 2.22. The number of rotatable bonds is 4. The van der Waals surface area contributed by atoms with E-state index in [4.69, 9.17) is 5.73 Å². The Balaban J connectivity index is 1.73. The Labute approximate surface area is 101 Å². The van der Waals surface area contributed by atoms with Crippen molar-refractivity contribution in [2.75, 3.05) is 12.3 Å². The molecule has 1 heterocycles. The van der Waals surface area contributed by atoms with Crippen molar-refractivity contribution in [3.05, 3.63) is 16.3 Å². The summed E-state index contributed by atoms with van der Waals surface area (Å²) in [5.41, 5.74) is 6.68. The largest absolute Gasteiger partial charge is 0.398 e. The van der Waals surface area contributed by atoms with Crippen LogP contribution in [0.4, 0.5) is 5.69 Å². The maximum Gasteiger partial charge on any atom is 0.0580 e. The second-order valence-corrected chi connectivity index (χ2v) is 5.54. The molecule has 1 fully saturated rings. The molecule has 2 atom stereocenters. The fraction of sp³-hybridized carbons (Fsp3) is 0.667. The first kappa shape index (κ1) is 11.9. The maximum absolute atomic E-state index is 9.82. The Kier molecular flexibility index (Phi) is 4.21. The molecule has 3 nitrogen and oxygen atoms in total. The summed E-state index contributed by atoms with van der Waals surface area (Å²) in [5, 5.41) is 15.2. The summed E-state index contributed by atoms with van der Waals surface area (Å²) in [5.74, 6) is 0.426. The highest BCUT2D eigenvalue weighted by atomic mass is 32.1. The van der Waals surface area contributed by atoms with Gasteiger partial charge in [0.15, 0.2) is 0 Å². The van der Waals surface area contributed by atoms with Crippen LogP contribution in [0.15, 0.2) is 11.4 Å². The molecule has 0 amide bonds. The topological polar surface area (TPSA) is 58.3 Å². The lowest BCUT2D eigenvalue weighted by atomic mass is 9.86. The van der Waals surface area contributed by atoms with E-state index in [2.05, 4.69) is 5.32 Å². The Hall–Kier alpha value is -0.580. The number of thiophene rings is 1. The monoisotopic (exact) mass is 240 g/mol. The summed E-state index contributed by atoms with van der Waals surface area (Å²) < 4.78 is 0. The summed E-state index contributed by atoms with van der Waals surface area (Å²) in [6, 6.07) is 1.94. The molecule has 2 unspecified atom stereocenters. The second-order valence-electron chi connectivity index (χ2n) is 4.54. The van der Waals surface area contributed by atoms with Gasteiger partial charge in [-0.2, -0.15) is 0 Å². The van der Waals surface area contributed by atoms with Crippen LogP contribution in [0.5, 0.6) is 0 Å². The lowest BCUT2D eigenvalue weighted by Crippen LogP contribution is -2.33. The molecule has 0 spiro atoms. The minimum absolute atomic E-state index is 0.109. The fourth-order valence-corrected chi connectivity index (χ4v) is 3.06. The molecule has 1 aliphatic carbocycles. The van der Waals surface area contributed by atoms with E-state index in [0.29, 0.717) is 5.92 Å². The molecule has 2 rings (SSSR count). The quantitative estimate of drug-likeness (QED) is 0.754. The third-order valence-electron chi connectivity index (χ3n) is 3.34. The van der Waals surface area contributed by atoms with Crippen LogP contribution >= 0.6 is 11.3 Å². The SMILES string of the molecule is Nc1ccsc1CNCC1CCCCC1O. The van der Waals surface area contributed by atoms with Crippen LogP contribution < -0.4 is 11.1 Å². The number of aliphatic hydroxyl groups excluding tert-OH is 1. The lowest BCUT2D eigenvalue weighted by molar-refractivity contribution is 0.0695. The molecule has 4 heteroatoms. The molecular weight excluding hydrogens is 220 g/mol. The molecule has 0 saturated heterocycles. The molecule has 1 aromatic rings. The van der Waals surface area contributed by atoms with Gasteiger partial charge in [-0.25, -0.2) is 0 Å². The third kappa shape index (κ3) is 2.97. The number of hydrogen-bond acceptors (Lipinski definition) is 4. The van der Waals surface area contributed by atoms with Gasteiger partial charge in [0.2, 0.25) is 0 Å². The zero-order chi connectivity index (χ0) is 11.4. The molecule has 16 heavy (non-hydrogen) atoms. The van der Waals surface area contributed by atoms with Crippen molar-refractivity contribution in [3.63, 3.8) is 0 Å². The van der Waals surface area contributed by atoms with E-state index < -0.39 is 0 Å². The fourth-order valence-electron chi connectivity index (χ4n) is 2.29. The minimum atomic E-state index is -0.109. The van der Waals surface area contributed by atoms with E-state index in [1.54, 1.807) is 11.3 Å². The Morgan fingerprint density at radius 1 is 1.44 bits per heavy atom. The van der Waals surface area contributed by atoms with Crippen LogP contribution in [0.3, 0.4) is 0 Å². The van der Waals surface area contributed by atoms with Crippen molar-refractivity contribution in [2.24, 2.45) is 5.92 Å². The van der Waals surface area contributed by atoms with Crippen molar-refractivity contribution >= 4 is 17.0 Å². The average molecular weight is 240 g/mol. The van der Waals surface area contributed by atoms with Gasteiger partial charge in [-0.1, -0.05) is 12.8 Å². The van der Waals surface area contributed by atoms with E-state index in [9.17, 15) is 5.11 Å². The van der Waals surface area contributed by atoms with Crippen LogP contribution in [-0.2, 0) is 6.54 Å². The standard InChI is InChI=1S/C12H20N2OS/c13-10-5-6-16-12(10)8-14-7-9-3-1-2-4-11(9)15/h5-6,9,11,14-15H,1-4,7-8,13H2. The Morgan fingerprint density at radius 3 is 2.94 bits per heavy atom. The number of aliphatic hydroxyl groups is 1. The maximum atomic E-state index is 9.82. The van der Waals surface area contributed by atoms with E-state index in [1.807, 2.05) is 11.4 Å². The average Bonchev–Trinajstić information content (AvgIpc) is 2.67. The van der Waals surface area contributed by atoms with Gasteiger partial charge in [0.1, 0.15) is 0 Å². The third-order valence-corrected chi connectivity index (χ3v) is 4.28. The van der Waals surface area contributed by atoms with Gasteiger partial charge < -0.3 is 16.2 Å². The highest BCUT2D eigenvalue weighted by molar-refractivity contribution is 7.10. The summed E-state index contributed by atoms with van der Waals surface area (Å²) in [6.45, 7) is 1.73. The summed E-state index contributed by atoms with van der Waals surface area (Å²) >= 11 is 1.69. The van der Waals surface area contributed by atoms with Crippen molar-refractivity contribution < 1.29 is 5.11 Å². The van der Waals surface area contributed by atoms with Gasteiger partial charge in [-0.15, -0.1) is 11.3 Å². The van der Waals surface area contributed by atoms with Crippen LogP contribution in [0.25, 0.3) is 0 Å². The van der Waals surface area contributed by atoms with Crippen molar-refractivity contribution in [3.8, 4) is 0 Å². The van der Waals surface area contributed by atoms with E-state index in [-0.39, 0.29) is 6.10 Å². The Morgan fingerprint density at radius 2 is 2.25 bits per heavy atom. The minimum Gasteiger partial charge on any atom is -0.398 e. The molecule has 0 radical (unpaired) electrons. The summed E-state index contributed by atoms with van der Waals surface area (Å²) in [7, 11) is 0. The first-order valence-electron chi connectivity index (χ1n) is 5.98. The lowest BCUT2D eigenvalue weighted by Gasteiger charge is -2.27. The molecule has 1 aromatic heterocycles.